The molecule has 0 amide bonds. The second kappa shape index (κ2) is 6.45. The van der Waals surface area contributed by atoms with Crippen LogP contribution in [0.2, 0.25) is 0 Å². The molecule has 0 aliphatic rings. The summed E-state index contributed by atoms with van der Waals surface area (Å²) in [5.41, 5.74) is 5.71. The second-order valence-corrected chi connectivity index (χ2v) is 5.58. The highest BCUT2D eigenvalue weighted by atomic mass is 32.2. The standard InChI is InChI=1S/C10H17NOS2/c1-8(6-12)7-14-10(5-11)9-3-2-4-13-9/h2-4,8,10,12H,5-7,11H2,1H3. The predicted octanol–water partition coefficient (Wildman–Crippen LogP) is 2.11. The third-order valence-corrected chi connectivity index (χ3v) is 4.71. The lowest BCUT2D eigenvalue weighted by Crippen LogP contribution is -2.11. The molecular weight excluding hydrogens is 214 g/mol. The van der Waals surface area contributed by atoms with E-state index in [9.17, 15) is 0 Å². The van der Waals surface area contributed by atoms with Gasteiger partial charge in [-0.25, -0.2) is 0 Å². The first-order chi connectivity index (χ1) is 6.77. The molecule has 0 saturated heterocycles. The lowest BCUT2D eigenvalue weighted by Gasteiger charge is -2.14. The van der Waals surface area contributed by atoms with Gasteiger partial charge in [0, 0.05) is 18.0 Å². The molecule has 0 radical (unpaired) electrons. The summed E-state index contributed by atoms with van der Waals surface area (Å²) in [5, 5.41) is 11.4. The maximum atomic E-state index is 8.91. The highest BCUT2D eigenvalue weighted by molar-refractivity contribution is 7.99. The molecule has 1 rings (SSSR count). The minimum Gasteiger partial charge on any atom is -0.396 e. The van der Waals surface area contributed by atoms with Gasteiger partial charge < -0.3 is 10.8 Å². The highest BCUT2D eigenvalue weighted by Gasteiger charge is 2.12. The first kappa shape index (κ1) is 12.0. The fourth-order valence-corrected chi connectivity index (χ4v) is 3.21. The summed E-state index contributed by atoms with van der Waals surface area (Å²) in [7, 11) is 0. The zero-order valence-electron chi connectivity index (χ0n) is 8.35. The maximum Gasteiger partial charge on any atom is 0.0513 e. The summed E-state index contributed by atoms with van der Waals surface area (Å²) < 4.78 is 0. The van der Waals surface area contributed by atoms with Crippen molar-refractivity contribution in [2.75, 3.05) is 18.9 Å². The van der Waals surface area contributed by atoms with Crippen LogP contribution in [0.5, 0.6) is 0 Å². The van der Waals surface area contributed by atoms with Gasteiger partial charge in [0.2, 0.25) is 0 Å². The lowest BCUT2D eigenvalue weighted by molar-refractivity contribution is 0.250. The van der Waals surface area contributed by atoms with Crippen LogP contribution in [0.1, 0.15) is 17.1 Å². The Kier molecular flexibility index (Phi) is 5.55. The molecule has 2 atom stereocenters. The SMILES string of the molecule is CC(CO)CSC(CN)c1cccs1. The van der Waals surface area contributed by atoms with Crippen LogP contribution in [0, 0.1) is 5.92 Å². The van der Waals surface area contributed by atoms with E-state index >= 15 is 0 Å². The third kappa shape index (κ3) is 3.61. The van der Waals surface area contributed by atoms with Crippen LogP contribution >= 0.6 is 23.1 Å². The van der Waals surface area contributed by atoms with Gasteiger partial charge in [-0.3, -0.25) is 0 Å². The number of aliphatic hydroxyl groups excluding tert-OH is 1. The highest BCUT2D eigenvalue weighted by Crippen LogP contribution is 2.31. The Morgan fingerprint density at radius 2 is 2.43 bits per heavy atom. The van der Waals surface area contributed by atoms with E-state index in [0.717, 1.165) is 5.75 Å². The smallest absolute Gasteiger partial charge is 0.0513 e. The first-order valence-corrected chi connectivity index (χ1v) is 6.66. The van der Waals surface area contributed by atoms with Crippen LogP contribution in [-0.2, 0) is 0 Å². The molecule has 1 aromatic heterocycles. The molecule has 2 nitrogen and oxygen atoms in total. The average molecular weight is 231 g/mol. The Morgan fingerprint density at radius 1 is 1.64 bits per heavy atom. The normalized spacial score (nSPS) is 15.4. The second-order valence-electron chi connectivity index (χ2n) is 3.36. The van der Waals surface area contributed by atoms with Gasteiger partial charge in [-0.15, -0.1) is 11.3 Å². The van der Waals surface area contributed by atoms with Gasteiger partial charge in [0.15, 0.2) is 0 Å². The number of thioether (sulfide) groups is 1. The van der Waals surface area contributed by atoms with Crippen molar-refractivity contribution in [2.45, 2.75) is 12.2 Å². The van der Waals surface area contributed by atoms with E-state index < -0.39 is 0 Å². The number of nitrogens with two attached hydrogens (primary N) is 1. The summed E-state index contributed by atoms with van der Waals surface area (Å²) in [6.45, 7) is 2.98. The molecule has 0 spiro atoms. The van der Waals surface area contributed by atoms with Crippen LogP contribution < -0.4 is 5.73 Å². The van der Waals surface area contributed by atoms with Crippen molar-refractivity contribution in [3.05, 3.63) is 22.4 Å². The van der Waals surface area contributed by atoms with Gasteiger partial charge in [0.1, 0.15) is 0 Å². The summed E-state index contributed by atoms with van der Waals surface area (Å²) in [5.74, 6) is 1.32. The molecule has 80 valence electrons. The number of rotatable bonds is 6. The Labute approximate surface area is 93.5 Å². The van der Waals surface area contributed by atoms with Gasteiger partial charge in [-0.05, 0) is 23.1 Å². The quantitative estimate of drug-likeness (QED) is 0.788. The van der Waals surface area contributed by atoms with Crippen molar-refractivity contribution in [3.63, 3.8) is 0 Å². The fourth-order valence-electron chi connectivity index (χ4n) is 1.07. The number of aliphatic hydroxyl groups is 1. The number of thiophene rings is 1. The Morgan fingerprint density at radius 3 is 2.93 bits per heavy atom. The van der Waals surface area contributed by atoms with Crippen molar-refractivity contribution in [3.8, 4) is 0 Å². The van der Waals surface area contributed by atoms with E-state index in [1.807, 2.05) is 11.8 Å². The predicted molar refractivity (Wildman–Crippen MR) is 64.8 cm³/mol. The molecule has 14 heavy (non-hydrogen) atoms. The molecule has 3 N–H and O–H groups in total. The van der Waals surface area contributed by atoms with Gasteiger partial charge in [-0.2, -0.15) is 11.8 Å². The molecular formula is C10H17NOS2. The zero-order chi connectivity index (χ0) is 10.4. The molecule has 2 unspecified atom stereocenters. The maximum absolute atomic E-state index is 8.91. The summed E-state index contributed by atoms with van der Waals surface area (Å²) in [4.78, 5) is 1.34. The summed E-state index contributed by atoms with van der Waals surface area (Å²) >= 11 is 3.59. The monoisotopic (exact) mass is 231 g/mol. The van der Waals surface area contributed by atoms with Crippen LogP contribution in [0.4, 0.5) is 0 Å². The van der Waals surface area contributed by atoms with Crippen molar-refractivity contribution in [1.29, 1.82) is 0 Å². The van der Waals surface area contributed by atoms with Gasteiger partial charge in [0.25, 0.3) is 0 Å². The summed E-state index contributed by atoms with van der Waals surface area (Å²) in [6, 6.07) is 4.18. The Bertz CT molecular complexity index is 238. The lowest BCUT2D eigenvalue weighted by atomic mass is 10.2. The van der Waals surface area contributed by atoms with E-state index in [1.54, 1.807) is 11.3 Å². The average Bonchev–Trinajstić information content (AvgIpc) is 2.72. The van der Waals surface area contributed by atoms with Gasteiger partial charge >= 0.3 is 0 Å². The van der Waals surface area contributed by atoms with E-state index in [0.29, 0.717) is 17.7 Å². The number of hydrogen-bond donors (Lipinski definition) is 2. The molecule has 0 bridgehead atoms. The van der Waals surface area contributed by atoms with Crippen molar-refractivity contribution in [1.82, 2.24) is 0 Å². The van der Waals surface area contributed by atoms with E-state index in [4.69, 9.17) is 10.8 Å². The van der Waals surface area contributed by atoms with Gasteiger partial charge in [0.05, 0.1) is 5.25 Å². The molecule has 1 heterocycles. The molecule has 0 aromatic carbocycles. The van der Waals surface area contributed by atoms with Crippen molar-refractivity contribution < 1.29 is 5.11 Å². The van der Waals surface area contributed by atoms with E-state index in [2.05, 4.69) is 24.4 Å². The third-order valence-electron chi connectivity index (χ3n) is 1.97. The Hall–Kier alpha value is -0.0300. The molecule has 4 heteroatoms. The largest absolute Gasteiger partial charge is 0.396 e. The topological polar surface area (TPSA) is 46.2 Å². The Balaban J connectivity index is 2.40. The first-order valence-electron chi connectivity index (χ1n) is 4.73. The molecule has 0 aliphatic heterocycles. The van der Waals surface area contributed by atoms with E-state index in [-0.39, 0.29) is 6.61 Å². The van der Waals surface area contributed by atoms with Crippen LogP contribution in [0.3, 0.4) is 0 Å². The molecule has 0 fully saturated rings. The minimum atomic E-state index is 0.259. The molecule has 1 aromatic rings. The minimum absolute atomic E-state index is 0.259. The van der Waals surface area contributed by atoms with Crippen molar-refractivity contribution in [2.24, 2.45) is 11.7 Å². The molecule has 0 saturated carbocycles. The molecule has 0 aliphatic carbocycles. The zero-order valence-corrected chi connectivity index (χ0v) is 9.98. The number of hydrogen-bond acceptors (Lipinski definition) is 4. The van der Waals surface area contributed by atoms with E-state index in [1.165, 1.54) is 4.88 Å². The van der Waals surface area contributed by atoms with Crippen LogP contribution in [0.15, 0.2) is 17.5 Å². The van der Waals surface area contributed by atoms with Crippen LogP contribution in [-0.4, -0.2) is 24.0 Å². The van der Waals surface area contributed by atoms with Gasteiger partial charge in [-0.1, -0.05) is 13.0 Å². The van der Waals surface area contributed by atoms with Crippen LogP contribution in [0.25, 0.3) is 0 Å². The summed E-state index contributed by atoms with van der Waals surface area (Å²) in [6.07, 6.45) is 0. The van der Waals surface area contributed by atoms with Crippen molar-refractivity contribution >= 4 is 23.1 Å². The fraction of sp³-hybridized carbons (Fsp3) is 0.600.